The Morgan fingerprint density at radius 1 is 1.57 bits per heavy atom. The van der Waals surface area contributed by atoms with Gasteiger partial charge in [0.1, 0.15) is 0 Å². The van der Waals surface area contributed by atoms with Crippen LogP contribution in [0.15, 0.2) is 0 Å². The van der Waals surface area contributed by atoms with Crippen LogP contribution in [0.5, 0.6) is 0 Å². The van der Waals surface area contributed by atoms with Crippen LogP contribution in [0, 0.1) is 16.7 Å². The van der Waals surface area contributed by atoms with Crippen LogP contribution in [0.3, 0.4) is 0 Å². The van der Waals surface area contributed by atoms with Crippen molar-refractivity contribution >= 4 is 5.97 Å². The molecular formula is C7H8F3NO3. The summed E-state index contributed by atoms with van der Waals surface area (Å²) in [5.74, 6) is -1.43. The fourth-order valence-electron chi connectivity index (χ4n) is 0.758. The highest BCUT2D eigenvalue weighted by molar-refractivity contribution is 5.80. The van der Waals surface area contributed by atoms with Crippen molar-refractivity contribution in [2.75, 3.05) is 7.11 Å². The first-order valence-corrected chi connectivity index (χ1v) is 3.44. The lowest BCUT2D eigenvalue weighted by Crippen LogP contribution is -2.48. The summed E-state index contributed by atoms with van der Waals surface area (Å²) in [6.45, 7) is 0.664. The summed E-state index contributed by atoms with van der Waals surface area (Å²) >= 11 is 0. The van der Waals surface area contributed by atoms with Crippen molar-refractivity contribution in [3.8, 4) is 6.07 Å². The van der Waals surface area contributed by atoms with Gasteiger partial charge in [0.2, 0.25) is 0 Å². The Morgan fingerprint density at radius 3 is 2.21 bits per heavy atom. The number of hydrogen-bond acceptors (Lipinski definition) is 4. The minimum atomic E-state index is -5.04. The molecule has 0 amide bonds. The summed E-state index contributed by atoms with van der Waals surface area (Å²) in [7, 11) is 0.834. The van der Waals surface area contributed by atoms with Crippen LogP contribution in [-0.2, 0) is 9.53 Å². The maximum Gasteiger partial charge on any atom is 0.416 e. The first-order valence-electron chi connectivity index (χ1n) is 3.44. The highest BCUT2D eigenvalue weighted by Gasteiger charge is 2.56. The third kappa shape index (κ3) is 2.14. The summed E-state index contributed by atoms with van der Waals surface area (Å²) in [4.78, 5) is 10.8. The van der Waals surface area contributed by atoms with E-state index in [9.17, 15) is 18.0 Å². The SMILES string of the molecule is COC(=O)[C@@](C)(C#N)[C@H](O)C(F)(F)F. The lowest BCUT2D eigenvalue weighted by molar-refractivity contribution is -0.232. The third-order valence-electron chi connectivity index (χ3n) is 1.70. The standard InChI is InChI=1S/C7H8F3NO3/c1-6(3-11,5(13)14-2)4(12)7(8,9)10/h4,12H,1-2H3/t4-,6-/m0/s1. The number of esters is 1. The van der Waals surface area contributed by atoms with Crippen molar-refractivity contribution < 1.29 is 27.8 Å². The number of ether oxygens (including phenoxy) is 1. The normalized spacial score (nSPS) is 17.8. The number of aliphatic hydroxyl groups excluding tert-OH is 1. The molecule has 0 rings (SSSR count). The van der Waals surface area contributed by atoms with Gasteiger partial charge in [-0.05, 0) is 6.92 Å². The lowest BCUT2D eigenvalue weighted by Gasteiger charge is -2.26. The number of hydrogen-bond donors (Lipinski definition) is 1. The molecule has 0 saturated carbocycles. The van der Waals surface area contributed by atoms with E-state index in [1.54, 1.807) is 0 Å². The van der Waals surface area contributed by atoms with E-state index in [1.807, 2.05) is 0 Å². The molecule has 1 N–H and O–H groups in total. The number of nitrogens with zero attached hydrogens (tertiary/aromatic N) is 1. The Kier molecular flexibility index (Phi) is 3.48. The highest BCUT2D eigenvalue weighted by atomic mass is 19.4. The largest absolute Gasteiger partial charge is 0.468 e. The van der Waals surface area contributed by atoms with Gasteiger partial charge in [0.25, 0.3) is 0 Å². The molecule has 0 aliphatic rings. The second-order valence-electron chi connectivity index (χ2n) is 2.75. The van der Waals surface area contributed by atoms with E-state index in [-0.39, 0.29) is 0 Å². The van der Waals surface area contributed by atoms with Crippen molar-refractivity contribution in [1.82, 2.24) is 0 Å². The van der Waals surface area contributed by atoms with E-state index >= 15 is 0 Å². The highest BCUT2D eigenvalue weighted by Crippen LogP contribution is 2.34. The van der Waals surface area contributed by atoms with Gasteiger partial charge < -0.3 is 9.84 Å². The molecule has 0 radical (unpaired) electrons. The average molecular weight is 211 g/mol. The molecule has 0 aromatic heterocycles. The zero-order valence-electron chi connectivity index (χ0n) is 7.42. The first-order chi connectivity index (χ1) is 6.20. The predicted molar refractivity (Wildman–Crippen MR) is 37.8 cm³/mol. The molecule has 0 saturated heterocycles. The van der Waals surface area contributed by atoms with Crippen molar-refractivity contribution in [1.29, 1.82) is 5.26 Å². The summed E-state index contributed by atoms with van der Waals surface area (Å²) in [6.07, 6.45) is -8.11. The number of nitriles is 1. The molecule has 7 heteroatoms. The van der Waals surface area contributed by atoms with E-state index in [0.29, 0.717) is 6.92 Å². The Labute approximate surface area is 77.9 Å². The quantitative estimate of drug-likeness (QED) is 0.679. The van der Waals surface area contributed by atoms with Crippen molar-refractivity contribution in [2.24, 2.45) is 5.41 Å². The molecule has 0 aliphatic carbocycles. The zero-order valence-corrected chi connectivity index (χ0v) is 7.42. The number of carbonyl (C=O) groups is 1. The molecule has 0 unspecified atom stereocenters. The number of alkyl halides is 3. The van der Waals surface area contributed by atoms with Crippen LogP contribution in [-0.4, -0.2) is 30.5 Å². The first kappa shape index (κ1) is 12.7. The van der Waals surface area contributed by atoms with Gasteiger partial charge in [0.05, 0.1) is 13.2 Å². The fraction of sp³-hybridized carbons (Fsp3) is 0.714. The summed E-state index contributed by atoms with van der Waals surface area (Å²) in [6, 6.07) is 1.09. The van der Waals surface area contributed by atoms with Crippen LogP contribution >= 0.6 is 0 Å². The van der Waals surface area contributed by atoms with Gasteiger partial charge in [-0.3, -0.25) is 4.79 Å². The molecular weight excluding hydrogens is 203 g/mol. The number of methoxy groups -OCH3 is 1. The van der Waals surface area contributed by atoms with Gasteiger partial charge in [0, 0.05) is 0 Å². The fourth-order valence-corrected chi connectivity index (χ4v) is 0.758. The van der Waals surface area contributed by atoms with Gasteiger partial charge in [-0.15, -0.1) is 0 Å². The van der Waals surface area contributed by atoms with E-state index < -0.39 is 23.7 Å². The topological polar surface area (TPSA) is 70.3 Å². The zero-order chi connectivity index (χ0) is 11.6. The number of aliphatic hydroxyl groups is 1. The Bertz CT molecular complexity index is 270. The maximum atomic E-state index is 12.0. The third-order valence-corrected chi connectivity index (χ3v) is 1.70. The monoisotopic (exact) mass is 211 g/mol. The molecule has 0 bridgehead atoms. The van der Waals surface area contributed by atoms with Crippen LogP contribution in [0.25, 0.3) is 0 Å². The second kappa shape index (κ2) is 3.84. The van der Waals surface area contributed by atoms with E-state index in [1.165, 1.54) is 0 Å². The molecule has 0 spiro atoms. The summed E-state index contributed by atoms with van der Waals surface area (Å²) < 4.78 is 40.1. The van der Waals surface area contributed by atoms with Gasteiger partial charge in [-0.1, -0.05) is 0 Å². The molecule has 0 aromatic rings. The Morgan fingerprint density at radius 2 is 2.00 bits per heavy atom. The molecule has 0 aliphatic heterocycles. The molecule has 80 valence electrons. The van der Waals surface area contributed by atoms with Crippen LogP contribution in [0.4, 0.5) is 13.2 Å². The minimum absolute atomic E-state index is 0.664. The second-order valence-corrected chi connectivity index (χ2v) is 2.75. The number of carbonyl (C=O) groups excluding carboxylic acids is 1. The smallest absolute Gasteiger partial charge is 0.416 e. The van der Waals surface area contributed by atoms with E-state index in [0.717, 1.165) is 13.2 Å². The van der Waals surface area contributed by atoms with Crippen molar-refractivity contribution in [3.05, 3.63) is 0 Å². The molecule has 0 fully saturated rings. The summed E-state index contributed by atoms with van der Waals surface area (Å²) in [5, 5.41) is 17.2. The van der Waals surface area contributed by atoms with Crippen LogP contribution < -0.4 is 0 Å². The molecule has 0 aromatic carbocycles. The van der Waals surface area contributed by atoms with Crippen LogP contribution in [0.1, 0.15) is 6.92 Å². The minimum Gasteiger partial charge on any atom is -0.468 e. The van der Waals surface area contributed by atoms with Crippen molar-refractivity contribution in [2.45, 2.75) is 19.2 Å². The van der Waals surface area contributed by atoms with E-state index in [4.69, 9.17) is 10.4 Å². The van der Waals surface area contributed by atoms with Gasteiger partial charge >= 0.3 is 12.1 Å². The van der Waals surface area contributed by atoms with Gasteiger partial charge in [-0.2, -0.15) is 18.4 Å². The lowest BCUT2D eigenvalue weighted by atomic mass is 9.85. The molecule has 4 nitrogen and oxygen atoms in total. The average Bonchev–Trinajstić information content (AvgIpc) is 2.12. The van der Waals surface area contributed by atoms with Crippen molar-refractivity contribution in [3.63, 3.8) is 0 Å². The van der Waals surface area contributed by atoms with Gasteiger partial charge in [0.15, 0.2) is 11.5 Å². The van der Waals surface area contributed by atoms with Crippen LogP contribution in [0.2, 0.25) is 0 Å². The number of rotatable bonds is 2. The molecule has 2 atom stereocenters. The number of halogens is 3. The molecule has 14 heavy (non-hydrogen) atoms. The van der Waals surface area contributed by atoms with E-state index in [2.05, 4.69) is 4.74 Å². The molecule has 0 heterocycles. The predicted octanol–water partition coefficient (Wildman–Crippen LogP) is 0.612. The Hall–Kier alpha value is -1.29. The maximum absolute atomic E-state index is 12.0. The van der Waals surface area contributed by atoms with Gasteiger partial charge in [-0.25, -0.2) is 0 Å². The Balaban J connectivity index is 5.09. The summed E-state index contributed by atoms with van der Waals surface area (Å²) in [5.41, 5.74) is -2.63.